The normalized spacial score (nSPS) is 16.2. The summed E-state index contributed by atoms with van der Waals surface area (Å²) in [7, 11) is 0. The quantitative estimate of drug-likeness (QED) is 0.948. The lowest BCUT2D eigenvalue weighted by molar-refractivity contribution is 0.0946. The zero-order valence-corrected chi connectivity index (χ0v) is 12.4. The van der Waals surface area contributed by atoms with E-state index in [9.17, 15) is 4.79 Å². The molecule has 3 rings (SSSR count). The smallest absolute Gasteiger partial charge is 0.255 e. The molecule has 1 amide bonds. The third-order valence-corrected chi connectivity index (χ3v) is 3.60. The highest BCUT2D eigenvalue weighted by Crippen LogP contribution is 2.35. The minimum absolute atomic E-state index is 0.0725. The first-order valence-corrected chi connectivity index (χ1v) is 7.17. The lowest BCUT2D eigenvalue weighted by atomic mass is 10.1. The van der Waals surface area contributed by atoms with Crippen molar-refractivity contribution >= 4 is 17.5 Å². The number of pyridine rings is 1. The number of nitrogens with one attached hydrogen (secondary N) is 1. The van der Waals surface area contributed by atoms with E-state index in [4.69, 9.17) is 16.3 Å². The van der Waals surface area contributed by atoms with Crippen molar-refractivity contribution in [2.45, 2.75) is 26.0 Å². The van der Waals surface area contributed by atoms with Crippen LogP contribution in [0.4, 0.5) is 0 Å². The molecule has 2 aromatic rings. The van der Waals surface area contributed by atoms with Gasteiger partial charge in [-0.25, -0.2) is 0 Å². The highest BCUT2D eigenvalue weighted by atomic mass is 35.5. The number of benzene rings is 1. The highest BCUT2D eigenvalue weighted by molar-refractivity contribution is 6.31. The molecule has 1 N–H and O–H groups in total. The molecule has 0 unspecified atom stereocenters. The van der Waals surface area contributed by atoms with Crippen LogP contribution in [-0.4, -0.2) is 17.0 Å². The van der Waals surface area contributed by atoms with Gasteiger partial charge in [-0.15, -0.1) is 0 Å². The van der Waals surface area contributed by atoms with Gasteiger partial charge in [0.15, 0.2) is 0 Å². The van der Waals surface area contributed by atoms with Crippen molar-refractivity contribution in [3.63, 3.8) is 0 Å². The van der Waals surface area contributed by atoms with Gasteiger partial charge in [0.1, 0.15) is 11.9 Å². The first-order valence-electron chi connectivity index (χ1n) is 6.79. The molecule has 0 spiro atoms. The monoisotopic (exact) mass is 302 g/mol. The molecule has 5 heteroatoms. The summed E-state index contributed by atoms with van der Waals surface area (Å²) < 4.78 is 5.73. The molecule has 0 saturated carbocycles. The van der Waals surface area contributed by atoms with Crippen molar-refractivity contribution < 1.29 is 9.53 Å². The number of hydrogen-bond acceptors (Lipinski definition) is 3. The summed E-state index contributed by atoms with van der Waals surface area (Å²) in [5, 5.41) is 3.42. The summed E-state index contributed by atoms with van der Waals surface area (Å²) in [5.74, 6) is 0.460. The summed E-state index contributed by atoms with van der Waals surface area (Å²) in [5.41, 5.74) is 2.42. The second-order valence-electron chi connectivity index (χ2n) is 5.12. The van der Waals surface area contributed by atoms with E-state index in [1.165, 1.54) is 0 Å². The maximum atomic E-state index is 12.4. The molecule has 0 aliphatic carbocycles. The Labute approximate surface area is 128 Å². The van der Waals surface area contributed by atoms with Gasteiger partial charge in [0.2, 0.25) is 0 Å². The first kappa shape index (κ1) is 13.9. The maximum absolute atomic E-state index is 12.4. The van der Waals surface area contributed by atoms with Crippen LogP contribution in [-0.2, 0) is 13.0 Å². The van der Waals surface area contributed by atoms with E-state index in [2.05, 4.69) is 10.3 Å². The van der Waals surface area contributed by atoms with Gasteiger partial charge in [-0.05, 0) is 30.7 Å². The molecule has 0 bridgehead atoms. The van der Waals surface area contributed by atoms with Crippen LogP contribution >= 0.6 is 11.6 Å². The first-order chi connectivity index (χ1) is 10.1. The van der Waals surface area contributed by atoms with Crippen LogP contribution in [0.3, 0.4) is 0 Å². The zero-order valence-electron chi connectivity index (χ0n) is 11.6. The average molecular weight is 303 g/mol. The number of carbonyl (C=O) groups is 1. The standard InChI is InChI=1S/C16H15ClN2O2/c1-10-5-12-6-13(17)7-14(15(12)21-10)16(20)19-9-11-3-2-4-18-8-11/h2-4,6-8,10H,5,9H2,1H3,(H,19,20)/t10-/m0/s1. The molecule has 1 atom stereocenters. The fourth-order valence-electron chi connectivity index (χ4n) is 2.44. The molecule has 4 nitrogen and oxygen atoms in total. The number of carbonyl (C=O) groups excluding carboxylic acids is 1. The molecule has 2 heterocycles. The number of aromatic nitrogens is 1. The summed E-state index contributed by atoms with van der Waals surface area (Å²) >= 11 is 6.09. The SMILES string of the molecule is C[C@H]1Cc2cc(Cl)cc(C(=O)NCc3cccnc3)c2O1. The van der Waals surface area contributed by atoms with Gasteiger partial charge in [0, 0.05) is 35.9 Å². The molecule has 1 aromatic carbocycles. The van der Waals surface area contributed by atoms with Gasteiger partial charge in [-0.2, -0.15) is 0 Å². The van der Waals surface area contributed by atoms with Crippen LogP contribution in [0.1, 0.15) is 28.4 Å². The Balaban J connectivity index is 1.79. The van der Waals surface area contributed by atoms with E-state index in [1.807, 2.05) is 25.1 Å². The number of rotatable bonds is 3. The third-order valence-electron chi connectivity index (χ3n) is 3.38. The minimum Gasteiger partial charge on any atom is -0.489 e. The Bertz CT molecular complexity index is 673. The number of ether oxygens (including phenoxy) is 1. The molecule has 0 radical (unpaired) electrons. The average Bonchev–Trinajstić information content (AvgIpc) is 2.85. The zero-order chi connectivity index (χ0) is 14.8. The number of nitrogens with zero attached hydrogens (tertiary/aromatic N) is 1. The largest absolute Gasteiger partial charge is 0.489 e. The van der Waals surface area contributed by atoms with Gasteiger partial charge in [-0.1, -0.05) is 17.7 Å². The summed E-state index contributed by atoms with van der Waals surface area (Å²) in [6.07, 6.45) is 4.27. The van der Waals surface area contributed by atoms with Gasteiger partial charge in [0.05, 0.1) is 5.56 Å². The van der Waals surface area contributed by atoms with Crippen LogP contribution in [0.25, 0.3) is 0 Å². The molecule has 1 aliphatic rings. The number of halogens is 1. The van der Waals surface area contributed by atoms with E-state index in [-0.39, 0.29) is 12.0 Å². The topological polar surface area (TPSA) is 51.2 Å². The van der Waals surface area contributed by atoms with Crippen molar-refractivity contribution in [3.05, 3.63) is 58.4 Å². The number of amides is 1. The summed E-state index contributed by atoms with van der Waals surface area (Å²) in [4.78, 5) is 16.4. The van der Waals surface area contributed by atoms with Crippen LogP contribution in [0.2, 0.25) is 5.02 Å². The van der Waals surface area contributed by atoms with Gasteiger partial charge >= 0.3 is 0 Å². The summed E-state index contributed by atoms with van der Waals surface area (Å²) in [6.45, 7) is 2.40. The Kier molecular flexibility index (Phi) is 3.80. The molecule has 0 saturated heterocycles. The molecule has 1 aliphatic heterocycles. The van der Waals surface area contributed by atoms with E-state index in [0.29, 0.717) is 22.9 Å². The minimum atomic E-state index is -0.188. The Hall–Kier alpha value is -2.07. The predicted molar refractivity (Wildman–Crippen MR) is 80.7 cm³/mol. The van der Waals surface area contributed by atoms with Crippen molar-refractivity contribution in [2.24, 2.45) is 0 Å². The molecule has 0 fully saturated rings. The van der Waals surface area contributed by atoms with Crippen molar-refractivity contribution in [1.29, 1.82) is 0 Å². The van der Waals surface area contributed by atoms with Crippen LogP contribution < -0.4 is 10.1 Å². The fourth-order valence-corrected chi connectivity index (χ4v) is 2.68. The van der Waals surface area contributed by atoms with Gasteiger partial charge in [-0.3, -0.25) is 9.78 Å². The molecular weight excluding hydrogens is 288 g/mol. The van der Waals surface area contributed by atoms with Crippen molar-refractivity contribution in [2.75, 3.05) is 0 Å². The molecule has 21 heavy (non-hydrogen) atoms. The Morgan fingerprint density at radius 2 is 2.38 bits per heavy atom. The van der Waals surface area contributed by atoms with Gasteiger partial charge < -0.3 is 10.1 Å². The molecular formula is C16H15ClN2O2. The lowest BCUT2D eigenvalue weighted by Crippen LogP contribution is -2.23. The summed E-state index contributed by atoms with van der Waals surface area (Å²) in [6, 6.07) is 7.26. The van der Waals surface area contributed by atoms with E-state index in [1.54, 1.807) is 18.5 Å². The second kappa shape index (κ2) is 5.74. The predicted octanol–water partition coefficient (Wildman–Crippen LogP) is 2.99. The van der Waals surface area contributed by atoms with Crippen LogP contribution in [0.5, 0.6) is 5.75 Å². The maximum Gasteiger partial charge on any atom is 0.255 e. The number of fused-ring (bicyclic) bond motifs is 1. The number of hydrogen-bond donors (Lipinski definition) is 1. The second-order valence-corrected chi connectivity index (χ2v) is 5.55. The Morgan fingerprint density at radius 3 is 3.14 bits per heavy atom. The van der Waals surface area contributed by atoms with E-state index in [0.717, 1.165) is 17.5 Å². The van der Waals surface area contributed by atoms with E-state index >= 15 is 0 Å². The van der Waals surface area contributed by atoms with Crippen LogP contribution in [0.15, 0.2) is 36.7 Å². The lowest BCUT2D eigenvalue weighted by Gasteiger charge is -2.10. The third kappa shape index (κ3) is 3.00. The van der Waals surface area contributed by atoms with Crippen LogP contribution in [0, 0.1) is 0 Å². The highest BCUT2D eigenvalue weighted by Gasteiger charge is 2.25. The molecule has 108 valence electrons. The van der Waals surface area contributed by atoms with Crippen molar-refractivity contribution in [1.82, 2.24) is 10.3 Å². The fraction of sp³-hybridized carbons (Fsp3) is 0.250. The van der Waals surface area contributed by atoms with E-state index < -0.39 is 0 Å². The Morgan fingerprint density at radius 1 is 1.52 bits per heavy atom. The molecule has 1 aromatic heterocycles. The van der Waals surface area contributed by atoms with Gasteiger partial charge in [0.25, 0.3) is 5.91 Å². The van der Waals surface area contributed by atoms with Crippen molar-refractivity contribution in [3.8, 4) is 5.75 Å².